The van der Waals surface area contributed by atoms with Gasteiger partial charge in [0.1, 0.15) is 6.04 Å². The Morgan fingerprint density at radius 1 is 1.30 bits per heavy atom. The van der Waals surface area contributed by atoms with Crippen LogP contribution >= 0.6 is 0 Å². The minimum absolute atomic E-state index is 0.282. The number of aliphatic carboxylic acids is 1. The third kappa shape index (κ3) is 5.75. The van der Waals surface area contributed by atoms with Gasteiger partial charge in [-0.1, -0.05) is 0 Å². The summed E-state index contributed by atoms with van der Waals surface area (Å²) < 4.78 is 10.2. The van der Waals surface area contributed by atoms with Gasteiger partial charge in [-0.05, 0) is 25.7 Å². The van der Waals surface area contributed by atoms with E-state index in [-0.39, 0.29) is 6.03 Å². The van der Waals surface area contributed by atoms with E-state index < -0.39 is 12.0 Å². The molecule has 0 aromatic carbocycles. The number of carbonyl (C=O) groups is 2. The number of nitrogens with one attached hydrogen (secondary N) is 1. The standard InChI is InChI=1S/C13H24N2O5/c1-19-9-10-20-8-3-2-6-14-13(18)15-7-4-5-11(15)12(16)17/h11H,2-10H2,1H3,(H,14,18)(H,16,17)/t11-/m0/s1. The first kappa shape index (κ1) is 16.7. The van der Waals surface area contributed by atoms with Gasteiger partial charge in [0.05, 0.1) is 13.2 Å². The number of hydrogen-bond donors (Lipinski definition) is 2. The summed E-state index contributed by atoms with van der Waals surface area (Å²) in [5.74, 6) is -0.927. The van der Waals surface area contributed by atoms with Gasteiger partial charge >= 0.3 is 12.0 Å². The van der Waals surface area contributed by atoms with E-state index in [2.05, 4.69) is 5.32 Å². The second-order valence-corrected chi connectivity index (χ2v) is 4.73. The van der Waals surface area contributed by atoms with Crippen LogP contribution in [0, 0.1) is 0 Å². The number of urea groups is 1. The fourth-order valence-corrected chi connectivity index (χ4v) is 2.14. The average molecular weight is 288 g/mol. The molecule has 0 radical (unpaired) electrons. The Bertz CT molecular complexity index is 311. The number of unbranched alkanes of at least 4 members (excludes halogenated alkanes) is 1. The lowest BCUT2D eigenvalue weighted by Crippen LogP contribution is -2.46. The predicted octanol–water partition coefficient (Wildman–Crippen LogP) is 0.688. The van der Waals surface area contributed by atoms with Crippen LogP contribution in [0.25, 0.3) is 0 Å². The SMILES string of the molecule is COCCOCCCCNC(=O)N1CCC[C@H]1C(=O)O. The van der Waals surface area contributed by atoms with Crippen molar-refractivity contribution in [2.45, 2.75) is 31.7 Å². The third-order valence-corrected chi connectivity index (χ3v) is 3.22. The molecule has 0 spiro atoms. The molecule has 0 bridgehead atoms. The highest BCUT2D eigenvalue weighted by Gasteiger charge is 2.33. The van der Waals surface area contributed by atoms with Crippen molar-refractivity contribution in [1.29, 1.82) is 0 Å². The average Bonchev–Trinajstić information content (AvgIpc) is 2.91. The number of rotatable bonds is 9. The smallest absolute Gasteiger partial charge is 0.326 e. The predicted molar refractivity (Wildman–Crippen MR) is 72.7 cm³/mol. The zero-order valence-corrected chi connectivity index (χ0v) is 12.0. The molecule has 2 amide bonds. The Labute approximate surface area is 119 Å². The van der Waals surface area contributed by atoms with Crippen molar-refractivity contribution in [2.24, 2.45) is 0 Å². The molecule has 20 heavy (non-hydrogen) atoms. The third-order valence-electron chi connectivity index (χ3n) is 3.22. The van der Waals surface area contributed by atoms with Crippen molar-refractivity contribution in [1.82, 2.24) is 10.2 Å². The first-order chi connectivity index (χ1) is 9.66. The van der Waals surface area contributed by atoms with Gasteiger partial charge in [-0.25, -0.2) is 9.59 Å². The maximum atomic E-state index is 11.8. The molecule has 1 saturated heterocycles. The summed E-state index contributed by atoms with van der Waals surface area (Å²) in [7, 11) is 1.63. The van der Waals surface area contributed by atoms with Crippen LogP contribution in [-0.4, -0.2) is 68.1 Å². The number of carboxylic acids is 1. The highest BCUT2D eigenvalue weighted by Crippen LogP contribution is 2.17. The van der Waals surface area contributed by atoms with Crippen molar-refractivity contribution < 1.29 is 24.2 Å². The van der Waals surface area contributed by atoms with Crippen LogP contribution in [0.15, 0.2) is 0 Å². The van der Waals surface area contributed by atoms with Crippen molar-refractivity contribution in [3.8, 4) is 0 Å². The van der Waals surface area contributed by atoms with Crippen LogP contribution in [0.2, 0.25) is 0 Å². The van der Waals surface area contributed by atoms with E-state index in [0.717, 1.165) is 19.3 Å². The Morgan fingerprint density at radius 2 is 2.10 bits per heavy atom. The highest BCUT2D eigenvalue weighted by atomic mass is 16.5. The monoisotopic (exact) mass is 288 g/mol. The summed E-state index contributed by atoms with van der Waals surface area (Å²) in [5.41, 5.74) is 0. The first-order valence-electron chi connectivity index (χ1n) is 7.00. The maximum absolute atomic E-state index is 11.8. The topological polar surface area (TPSA) is 88.1 Å². The zero-order valence-electron chi connectivity index (χ0n) is 12.0. The number of nitrogens with zero attached hydrogens (tertiary/aromatic N) is 1. The van der Waals surface area contributed by atoms with Gasteiger partial charge in [0.2, 0.25) is 0 Å². The van der Waals surface area contributed by atoms with E-state index in [0.29, 0.717) is 39.3 Å². The quantitative estimate of drug-likeness (QED) is 0.609. The molecule has 0 aromatic rings. The molecule has 1 aliphatic rings. The van der Waals surface area contributed by atoms with E-state index in [1.165, 1.54) is 4.90 Å². The Hall–Kier alpha value is -1.34. The second-order valence-electron chi connectivity index (χ2n) is 4.73. The van der Waals surface area contributed by atoms with Crippen LogP contribution in [0.1, 0.15) is 25.7 Å². The summed E-state index contributed by atoms with van der Waals surface area (Å²) in [6.07, 6.45) is 2.95. The normalized spacial score (nSPS) is 18.2. The van der Waals surface area contributed by atoms with Gasteiger partial charge < -0.3 is 24.8 Å². The molecule has 0 saturated carbocycles. The van der Waals surface area contributed by atoms with Crippen molar-refractivity contribution in [2.75, 3.05) is 40.0 Å². The lowest BCUT2D eigenvalue weighted by Gasteiger charge is -2.21. The van der Waals surface area contributed by atoms with Crippen LogP contribution in [0.3, 0.4) is 0 Å². The Morgan fingerprint density at radius 3 is 2.80 bits per heavy atom. The number of carbonyl (C=O) groups excluding carboxylic acids is 1. The molecule has 7 heteroatoms. The van der Waals surface area contributed by atoms with Gasteiger partial charge in [-0.15, -0.1) is 0 Å². The van der Waals surface area contributed by atoms with E-state index >= 15 is 0 Å². The van der Waals surface area contributed by atoms with E-state index in [1.807, 2.05) is 0 Å². The molecule has 1 rings (SSSR count). The molecule has 7 nitrogen and oxygen atoms in total. The lowest BCUT2D eigenvalue weighted by atomic mass is 10.2. The molecule has 0 unspecified atom stereocenters. The second kappa shape index (κ2) is 9.55. The van der Waals surface area contributed by atoms with Gasteiger partial charge in [-0.2, -0.15) is 0 Å². The van der Waals surface area contributed by atoms with Crippen LogP contribution < -0.4 is 5.32 Å². The fourth-order valence-electron chi connectivity index (χ4n) is 2.14. The van der Waals surface area contributed by atoms with E-state index in [9.17, 15) is 9.59 Å². The lowest BCUT2D eigenvalue weighted by molar-refractivity contribution is -0.141. The molecule has 1 aliphatic heterocycles. The minimum atomic E-state index is -0.927. The molecule has 0 aliphatic carbocycles. The summed E-state index contributed by atoms with van der Waals surface area (Å²) in [4.78, 5) is 24.2. The van der Waals surface area contributed by atoms with Crippen molar-refractivity contribution in [3.63, 3.8) is 0 Å². The molecule has 116 valence electrons. The molecule has 1 atom stereocenters. The number of carboxylic acid groups (broad SMARTS) is 1. The number of methoxy groups -OCH3 is 1. The fraction of sp³-hybridized carbons (Fsp3) is 0.846. The van der Waals surface area contributed by atoms with Crippen molar-refractivity contribution in [3.05, 3.63) is 0 Å². The number of likely N-dealkylation sites (tertiary alicyclic amines) is 1. The van der Waals surface area contributed by atoms with Crippen LogP contribution in [0.4, 0.5) is 4.79 Å². The Kier molecular flexibility index (Phi) is 7.98. The van der Waals surface area contributed by atoms with Gasteiger partial charge in [-0.3, -0.25) is 0 Å². The van der Waals surface area contributed by atoms with Crippen LogP contribution in [0.5, 0.6) is 0 Å². The number of amides is 2. The maximum Gasteiger partial charge on any atom is 0.326 e. The molecule has 0 aromatic heterocycles. The van der Waals surface area contributed by atoms with Gasteiger partial charge in [0, 0.05) is 26.8 Å². The molecule has 2 N–H and O–H groups in total. The van der Waals surface area contributed by atoms with Crippen LogP contribution in [-0.2, 0) is 14.3 Å². The molecule has 1 heterocycles. The molecule has 1 fully saturated rings. The van der Waals surface area contributed by atoms with E-state index in [4.69, 9.17) is 14.6 Å². The van der Waals surface area contributed by atoms with Crippen molar-refractivity contribution >= 4 is 12.0 Å². The summed E-state index contributed by atoms with van der Waals surface area (Å²) in [5, 5.41) is 11.8. The summed E-state index contributed by atoms with van der Waals surface area (Å²) >= 11 is 0. The van der Waals surface area contributed by atoms with E-state index in [1.54, 1.807) is 7.11 Å². The zero-order chi connectivity index (χ0) is 14.8. The summed E-state index contributed by atoms with van der Waals surface area (Å²) in [6, 6.07) is -0.956. The summed E-state index contributed by atoms with van der Waals surface area (Å²) in [6.45, 7) is 2.86. The number of ether oxygens (including phenoxy) is 2. The minimum Gasteiger partial charge on any atom is -0.480 e. The van der Waals surface area contributed by atoms with Gasteiger partial charge in [0.15, 0.2) is 0 Å². The Balaban J connectivity index is 2.07. The highest BCUT2D eigenvalue weighted by molar-refractivity contribution is 5.83. The molecular weight excluding hydrogens is 264 g/mol. The number of hydrogen-bond acceptors (Lipinski definition) is 4. The van der Waals surface area contributed by atoms with Gasteiger partial charge in [0.25, 0.3) is 0 Å². The molecular formula is C13H24N2O5. The largest absolute Gasteiger partial charge is 0.480 e. The first-order valence-corrected chi connectivity index (χ1v) is 7.00.